The van der Waals surface area contributed by atoms with Crippen molar-refractivity contribution in [2.45, 2.75) is 58.4 Å². The quantitative estimate of drug-likeness (QED) is 0.635. The highest BCUT2D eigenvalue weighted by Crippen LogP contribution is 2.23. The summed E-state index contributed by atoms with van der Waals surface area (Å²) in [7, 11) is 0. The Labute approximate surface area is 121 Å². The molecule has 1 saturated heterocycles. The van der Waals surface area contributed by atoms with E-state index in [0.717, 1.165) is 32.2 Å². The average Bonchev–Trinajstić information content (AvgIpc) is 2.84. The summed E-state index contributed by atoms with van der Waals surface area (Å²) < 4.78 is 0. The first-order chi connectivity index (χ1) is 9.39. The van der Waals surface area contributed by atoms with E-state index in [1.807, 2.05) is 6.92 Å². The van der Waals surface area contributed by atoms with Crippen LogP contribution in [-0.2, 0) is 9.59 Å². The second-order valence-corrected chi connectivity index (χ2v) is 6.27. The van der Waals surface area contributed by atoms with Crippen molar-refractivity contribution in [3.05, 3.63) is 0 Å². The van der Waals surface area contributed by atoms with Crippen molar-refractivity contribution in [1.29, 1.82) is 0 Å². The molecule has 1 unspecified atom stereocenters. The molecule has 0 spiro atoms. The molecular weight excluding hydrogens is 256 g/mol. The van der Waals surface area contributed by atoms with Gasteiger partial charge in [-0.25, -0.2) is 0 Å². The summed E-state index contributed by atoms with van der Waals surface area (Å²) >= 11 is 0. The molecule has 20 heavy (non-hydrogen) atoms. The van der Waals surface area contributed by atoms with Crippen LogP contribution in [0.3, 0.4) is 0 Å². The molecule has 1 fully saturated rings. The third kappa shape index (κ3) is 4.78. The van der Waals surface area contributed by atoms with E-state index >= 15 is 0 Å². The summed E-state index contributed by atoms with van der Waals surface area (Å²) in [6.45, 7) is 7.49. The van der Waals surface area contributed by atoms with Crippen LogP contribution in [0.5, 0.6) is 0 Å². The predicted molar refractivity (Wildman–Crippen MR) is 78.5 cm³/mol. The predicted octanol–water partition coefficient (Wildman–Crippen LogP) is 1.77. The molecular formula is C15H28N2O3. The second-order valence-electron chi connectivity index (χ2n) is 6.27. The zero-order valence-electron chi connectivity index (χ0n) is 12.9. The zero-order valence-corrected chi connectivity index (χ0v) is 12.9. The van der Waals surface area contributed by atoms with Crippen LogP contribution in [0, 0.1) is 11.8 Å². The van der Waals surface area contributed by atoms with Crippen LogP contribution in [0.1, 0.15) is 52.9 Å². The highest BCUT2D eigenvalue weighted by Gasteiger charge is 2.39. The van der Waals surface area contributed by atoms with Crippen molar-refractivity contribution in [2.75, 3.05) is 13.1 Å². The van der Waals surface area contributed by atoms with Crippen molar-refractivity contribution >= 4 is 11.9 Å². The van der Waals surface area contributed by atoms with Crippen LogP contribution in [-0.4, -0.2) is 35.6 Å². The summed E-state index contributed by atoms with van der Waals surface area (Å²) in [4.78, 5) is 23.2. The number of aliphatic carboxylic acids is 1. The number of carboxylic acid groups (broad SMARTS) is 1. The van der Waals surface area contributed by atoms with Gasteiger partial charge in [0.15, 0.2) is 0 Å². The van der Waals surface area contributed by atoms with E-state index in [9.17, 15) is 9.59 Å². The van der Waals surface area contributed by atoms with Gasteiger partial charge in [-0.3, -0.25) is 9.59 Å². The Morgan fingerprint density at radius 2 is 2.10 bits per heavy atom. The van der Waals surface area contributed by atoms with Gasteiger partial charge in [-0.1, -0.05) is 20.8 Å². The Morgan fingerprint density at radius 3 is 2.55 bits per heavy atom. The van der Waals surface area contributed by atoms with Crippen molar-refractivity contribution < 1.29 is 14.7 Å². The molecule has 1 amide bonds. The number of rotatable bonds is 8. The van der Waals surface area contributed by atoms with Crippen LogP contribution >= 0.6 is 0 Å². The van der Waals surface area contributed by atoms with Crippen molar-refractivity contribution in [3.8, 4) is 0 Å². The maximum Gasteiger partial charge on any atom is 0.303 e. The SMILES string of the molecule is CCC1(C(=O)NC[C@H](CC(=O)O)CC(C)C)CCCN1. The lowest BCUT2D eigenvalue weighted by atomic mass is 9.91. The maximum atomic E-state index is 12.4. The van der Waals surface area contributed by atoms with E-state index in [2.05, 4.69) is 24.5 Å². The van der Waals surface area contributed by atoms with Gasteiger partial charge in [-0.2, -0.15) is 0 Å². The number of carbonyl (C=O) groups is 2. The Bertz CT molecular complexity index is 336. The molecule has 0 radical (unpaired) electrons. The van der Waals surface area contributed by atoms with Crippen molar-refractivity contribution in [3.63, 3.8) is 0 Å². The molecule has 0 aromatic carbocycles. The van der Waals surface area contributed by atoms with Crippen LogP contribution in [0.2, 0.25) is 0 Å². The Hall–Kier alpha value is -1.10. The number of hydrogen-bond acceptors (Lipinski definition) is 3. The van der Waals surface area contributed by atoms with E-state index in [1.165, 1.54) is 0 Å². The lowest BCUT2D eigenvalue weighted by molar-refractivity contribution is -0.138. The van der Waals surface area contributed by atoms with Crippen molar-refractivity contribution in [2.24, 2.45) is 11.8 Å². The fourth-order valence-electron chi connectivity index (χ4n) is 3.02. The minimum Gasteiger partial charge on any atom is -0.481 e. The van der Waals surface area contributed by atoms with E-state index < -0.39 is 11.5 Å². The third-order valence-corrected chi connectivity index (χ3v) is 4.10. The number of amides is 1. The molecule has 5 nitrogen and oxygen atoms in total. The molecule has 0 bridgehead atoms. The van der Waals surface area contributed by atoms with Crippen molar-refractivity contribution in [1.82, 2.24) is 10.6 Å². The van der Waals surface area contributed by atoms with Crippen LogP contribution in [0.15, 0.2) is 0 Å². The fraction of sp³-hybridized carbons (Fsp3) is 0.867. The molecule has 2 atom stereocenters. The minimum absolute atomic E-state index is 0.00626. The highest BCUT2D eigenvalue weighted by atomic mass is 16.4. The Morgan fingerprint density at radius 1 is 1.40 bits per heavy atom. The summed E-state index contributed by atoms with van der Waals surface area (Å²) in [5.74, 6) is -0.335. The van der Waals surface area contributed by atoms with Gasteiger partial charge in [0, 0.05) is 13.0 Å². The minimum atomic E-state index is -0.797. The van der Waals surface area contributed by atoms with E-state index in [0.29, 0.717) is 12.5 Å². The second kappa shape index (κ2) is 7.62. The largest absolute Gasteiger partial charge is 0.481 e. The first-order valence-corrected chi connectivity index (χ1v) is 7.64. The Balaban J connectivity index is 2.52. The fourth-order valence-corrected chi connectivity index (χ4v) is 3.02. The molecule has 116 valence electrons. The van der Waals surface area contributed by atoms with Gasteiger partial charge in [0.2, 0.25) is 5.91 Å². The molecule has 1 heterocycles. The van der Waals surface area contributed by atoms with Gasteiger partial charge >= 0.3 is 5.97 Å². The summed E-state index contributed by atoms with van der Waals surface area (Å²) in [6.07, 6.45) is 3.59. The molecule has 1 aliphatic heterocycles. The summed E-state index contributed by atoms with van der Waals surface area (Å²) in [6, 6.07) is 0. The standard InChI is InChI=1S/C15H28N2O3/c1-4-15(6-5-7-17-15)14(20)16-10-12(8-11(2)3)9-13(18)19/h11-12,17H,4-10H2,1-3H3,(H,16,20)(H,18,19)/t12-,15?/m0/s1. The Kier molecular flexibility index (Phi) is 6.46. The first-order valence-electron chi connectivity index (χ1n) is 7.64. The molecule has 0 aromatic heterocycles. The van der Waals surface area contributed by atoms with E-state index in [1.54, 1.807) is 0 Å². The molecule has 1 rings (SSSR count). The lowest BCUT2D eigenvalue weighted by Crippen LogP contribution is -2.53. The van der Waals surface area contributed by atoms with E-state index in [4.69, 9.17) is 5.11 Å². The van der Waals surface area contributed by atoms with Gasteiger partial charge < -0.3 is 15.7 Å². The molecule has 5 heteroatoms. The smallest absolute Gasteiger partial charge is 0.303 e. The first kappa shape index (κ1) is 17.0. The topological polar surface area (TPSA) is 78.4 Å². The average molecular weight is 284 g/mol. The molecule has 3 N–H and O–H groups in total. The van der Waals surface area contributed by atoms with E-state index in [-0.39, 0.29) is 18.2 Å². The van der Waals surface area contributed by atoms with Gasteiger partial charge in [-0.05, 0) is 44.1 Å². The molecule has 0 aromatic rings. The van der Waals surface area contributed by atoms with Gasteiger partial charge in [0.1, 0.15) is 0 Å². The molecule has 0 saturated carbocycles. The zero-order chi connectivity index (χ0) is 15.2. The highest BCUT2D eigenvalue weighted by molar-refractivity contribution is 5.86. The van der Waals surface area contributed by atoms with Gasteiger partial charge in [0.25, 0.3) is 0 Å². The third-order valence-electron chi connectivity index (χ3n) is 4.10. The molecule has 1 aliphatic rings. The monoisotopic (exact) mass is 284 g/mol. The van der Waals surface area contributed by atoms with Crippen LogP contribution in [0.4, 0.5) is 0 Å². The van der Waals surface area contributed by atoms with Crippen LogP contribution < -0.4 is 10.6 Å². The van der Waals surface area contributed by atoms with Crippen LogP contribution in [0.25, 0.3) is 0 Å². The van der Waals surface area contributed by atoms with Gasteiger partial charge in [0.05, 0.1) is 5.54 Å². The number of carbonyl (C=O) groups excluding carboxylic acids is 1. The number of hydrogen-bond donors (Lipinski definition) is 3. The summed E-state index contributed by atoms with van der Waals surface area (Å²) in [5.41, 5.74) is -0.439. The maximum absolute atomic E-state index is 12.4. The lowest BCUT2D eigenvalue weighted by Gasteiger charge is -2.28. The number of nitrogens with one attached hydrogen (secondary N) is 2. The normalized spacial score (nSPS) is 23.8. The van der Waals surface area contributed by atoms with Gasteiger partial charge in [-0.15, -0.1) is 0 Å². The summed E-state index contributed by atoms with van der Waals surface area (Å²) in [5, 5.41) is 15.2. The molecule has 0 aliphatic carbocycles. The number of carboxylic acids is 1.